The van der Waals surface area contributed by atoms with Gasteiger partial charge in [0.25, 0.3) is 0 Å². The lowest BCUT2D eigenvalue weighted by Gasteiger charge is -2.23. The number of hydrogen-bond acceptors (Lipinski definition) is 2. The molecule has 0 saturated heterocycles. The molecule has 3 nitrogen and oxygen atoms in total. The summed E-state index contributed by atoms with van der Waals surface area (Å²) < 4.78 is 0. The monoisotopic (exact) mass is 185 g/mol. The molecule has 0 fully saturated rings. The zero-order valence-corrected chi connectivity index (χ0v) is 8.47. The molecule has 3 heteroatoms. The summed E-state index contributed by atoms with van der Waals surface area (Å²) in [5, 5.41) is 11.7. The first-order valence-corrected chi connectivity index (χ1v) is 4.60. The van der Waals surface area contributed by atoms with E-state index >= 15 is 0 Å². The fraction of sp³-hybridized carbons (Fsp3) is 0.700. The minimum atomic E-state index is -0.784. The number of likely N-dealkylation sites (N-methyl/N-ethyl adjacent to an activating group) is 1. The summed E-state index contributed by atoms with van der Waals surface area (Å²) in [7, 11) is 1.68. The number of hydrogen-bond donors (Lipinski definition) is 2. The van der Waals surface area contributed by atoms with Crippen molar-refractivity contribution in [3.63, 3.8) is 0 Å². The number of nitrogens with one attached hydrogen (secondary N) is 1. The SMILES string of the molecule is C=CCCCC[C@@](C)(NC)C(=O)O. The smallest absolute Gasteiger partial charge is 0.323 e. The van der Waals surface area contributed by atoms with Gasteiger partial charge in [-0.25, -0.2) is 0 Å². The van der Waals surface area contributed by atoms with Gasteiger partial charge in [-0.2, -0.15) is 0 Å². The van der Waals surface area contributed by atoms with E-state index in [4.69, 9.17) is 5.11 Å². The van der Waals surface area contributed by atoms with Crippen LogP contribution in [0.4, 0.5) is 0 Å². The first kappa shape index (κ1) is 12.2. The first-order chi connectivity index (χ1) is 6.06. The van der Waals surface area contributed by atoms with Gasteiger partial charge >= 0.3 is 5.97 Å². The average molecular weight is 185 g/mol. The van der Waals surface area contributed by atoms with Gasteiger partial charge in [0.2, 0.25) is 0 Å². The molecule has 0 aromatic heterocycles. The Morgan fingerprint density at radius 3 is 2.62 bits per heavy atom. The Hall–Kier alpha value is -0.830. The van der Waals surface area contributed by atoms with Crippen LogP contribution in [-0.4, -0.2) is 23.7 Å². The van der Waals surface area contributed by atoms with Gasteiger partial charge in [-0.15, -0.1) is 6.58 Å². The van der Waals surface area contributed by atoms with E-state index in [-0.39, 0.29) is 0 Å². The topological polar surface area (TPSA) is 49.3 Å². The van der Waals surface area contributed by atoms with Crippen LogP contribution in [0.25, 0.3) is 0 Å². The molecule has 0 spiro atoms. The van der Waals surface area contributed by atoms with Crippen LogP contribution >= 0.6 is 0 Å². The van der Waals surface area contributed by atoms with E-state index in [9.17, 15) is 4.79 Å². The molecule has 0 aliphatic rings. The predicted octanol–water partition coefficient (Wildman–Crippen LogP) is 1.80. The number of carbonyl (C=O) groups is 1. The van der Waals surface area contributed by atoms with E-state index in [1.54, 1.807) is 14.0 Å². The molecule has 0 aliphatic carbocycles. The second-order valence-electron chi connectivity index (χ2n) is 3.42. The number of rotatable bonds is 7. The van der Waals surface area contributed by atoms with Crippen LogP contribution in [0.1, 0.15) is 32.6 Å². The summed E-state index contributed by atoms with van der Waals surface area (Å²) in [6.07, 6.45) is 5.40. The highest BCUT2D eigenvalue weighted by molar-refractivity contribution is 5.78. The highest BCUT2D eigenvalue weighted by Gasteiger charge is 2.29. The van der Waals surface area contributed by atoms with Gasteiger partial charge in [-0.05, 0) is 33.2 Å². The predicted molar refractivity (Wildman–Crippen MR) is 53.8 cm³/mol. The number of carboxylic acids is 1. The summed E-state index contributed by atoms with van der Waals surface area (Å²) in [6, 6.07) is 0. The fourth-order valence-corrected chi connectivity index (χ4v) is 1.11. The third kappa shape index (κ3) is 4.08. The van der Waals surface area contributed by atoms with E-state index in [0.29, 0.717) is 6.42 Å². The van der Waals surface area contributed by atoms with Crippen molar-refractivity contribution in [1.82, 2.24) is 5.32 Å². The Morgan fingerprint density at radius 1 is 1.62 bits per heavy atom. The third-order valence-electron chi connectivity index (χ3n) is 2.36. The molecule has 76 valence electrons. The second kappa shape index (κ2) is 5.75. The molecule has 0 unspecified atom stereocenters. The summed E-state index contributed by atoms with van der Waals surface area (Å²) in [5.41, 5.74) is -0.777. The van der Waals surface area contributed by atoms with Crippen molar-refractivity contribution in [1.29, 1.82) is 0 Å². The summed E-state index contributed by atoms with van der Waals surface area (Å²) >= 11 is 0. The quantitative estimate of drug-likeness (QED) is 0.469. The van der Waals surface area contributed by atoms with Crippen LogP contribution in [0.3, 0.4) is 0 Å². The lowest BCUT2D eigenvalue weighted by molar-refractivity contribution is -0.144. The molecule has 13 heavy (non-hydrogen) atoms. The van der Waals surface area contributed by atoms with Crippen molar-refractivity contribution in [2.45, 2.75) is 38.1 Å². The first-order valence-electron chi connectivity index (χ1n) is 4.60. The molecule has 0 aromatic carbocycles. The van der Waals surface area contributed by atoms with Gasteiger partial charge in [-0.1, -0.05) is 12.5 Å². The van der Waals surface area contributed by atoms with Crippen LogP contribution in [-0.2, 0) is 4.79 Å². The maximum absolute atomic E-state index is 10.8. The van der Waals surface area contributed by atoms with Gasteiger partial charge < -0.3 is 10.4 Å². The maximum Gasteiger partial charge on any atom is 0.323 e. The van der Waals surface area contributed by atoms with Crippen LogP contribution < -0.4 is 5.32 Å². The van der Waals surface area contributed by atoms with Gasteiger partial charge in [-0.3, -0.25) is 4.79 Å². The van der Waals surface area contributed by atoms with E-state index in [1.807, 2.05) is 6.08 Å². The van der Waals surface area contributed by atoms with Gasteiger partial charge in [0.15, 0.2) is 0 Å². The number of allylic oxidation sites excluding steroid dienone is 1. The van der Waals surface area contributed by atoms with Crippen molar-refractivity contribution in [2.75, 3.05) is 7.05 Å². The standard InChI is InChI=1S/C10H19NO2/c1-4-5-6-7-8-10(2,11-3)9(12)13/h4,11H,1,5-8H2,2-3H3,(H,12,13)/t10-/m1/s1. The third-order valence-corrected chi connectivity index (χ3v) is 2.36. The maximum atomic E-state index is 10.8. The highest BCUT2D eigenvalue weighted by Crippen LogP contribution is 2.14. The Kier molecular flexibility index (Phi) is 5.39. The van der Waals surface area contributed by atoms with E-state index in [0.717, 1.165) is 19.3 Å². The highest BCUT2D eigenvalue weighted by atomic mass is 16.4. The molecule has 0 heterocycles. The van der Waals surface area contributed by atoms with E-state index in [1.165, 1.54) is 0 Å². The van der Waals surface area contributed by atoms with Gasteiger partial charge in [0, 0.05) is 0 Å². The largest absolute Gasteiger partial charge is 0.480 e. The van der Waals surface area contributed by atoms with Gasteiger partial charge in [0.05, 0.1) is 0 Å². The molecule has 1 atom stereocenters. The van der Waals surface area contributed by atoms with E-state index in [2.05, 4.69) is 11.9 Å². The molecule has 0 radical (unpaired) electrons. The molecule has 0 amide bonds. The number of unbranched alkanes of at least 4 members (excludes halogenated alkanes) is 2. The average Bonchev–Trinajstić information content (AvgIpc) is 2.12. The second-order valence-corrected chi connectivity index (χ2v) is 3.42. The molecular weight excluding hydrogens is 166 g/mol. The Balaban J connectivity index is 3.84. The molecule has 0 rings (SSSR count). The molecule has 0 aliphatic heterocycles. The summed E-state index contributed by atoms with van der Waals surface area (Å²) in [6.45, 7) is 5.33. The summed E-state index contributed by atoms with van der Waals surface area (Å²) in [5.74, 6) is -0.784. The van der Waals surface area contributed by atoms with Crippen molar-refractivity contribution >= 4 is 5.97 Å². The summed E-state index contributed by atoms with van der Waals surface area (Å²) in [4.78, 5) is 10.8. The molecule has 0 saturated carbocycles. The molecule has 2 N–H and O–H groups in total. The van der Waals surface area contributed by atoms with E-state index < -0.39 is 11.5 Å². The Morgan fingerprint density at radius 2 is 2.23 bits per heavy atom. The van der Waals surface area contributed by atoms with Crippen LogP contribution in [0, 0.1) is 0 Å². The lowest BCUT2D eigenvalue weighted by Crippen LogP contribution is -2.47. The van der Waals surface area contributed by atoms with Crippen LogP contribution in [0.15, 0.2) is 12.7 Å². The lowest BCUT2D eigenvalue weighted by atomic mass is 9.95. The van der Waals surface area contributed by atoms with Crippen molar-refractivity contribution in [2.24, 2.45) is 0 Å². The number of carboxylic acid groups (broad SMARTS) is 1. The molecular formula is C10H19NO2. The Labute approximate surface area is 79.8 Å². The normalized spacial score (nSPS) is 14.9. The molecule has 0 bridgehead atoms. The zero-order chi connectivity index (χ0) is 10.3. The fourth-order valence-electron chi connectivity index (χ4n) is 1.11. The Bertz CT molecular complexity index is 180. The van der Waals surface area contributed by atoms with Crippen molar-refractivity contribution in [3.05, 3.63) is 12.7 Å². The van der Waals surface area contributed by atoms with Crippen LogP contribution in [0.2, 0.25) is 0 Å². The van der Waals surface area contributed by atoms with Crippen molar-refractivity contribution < 1.29 is 9.90 Å². The molecule has 0 aromatic rings. The number of aliphatic carboxylic acids is 1. The van der Waals surface area contributed by atoms with Crippen LogP contribution in [0.5, 0.6) is 0 Å². The zero-order valence-electron chi connectivity index (χ0n) is 8.47. The minimum Gasteiger partial charge on any atom is -0.480 e. The minimum absolute atomic E-state index is 0.659. The van der Waals surface area contributed by atoms with Crippen molar-refractivity contribution in [3.8, 4) is 0 Å². The van der Waals surface area contributed by atoms with Gasteiger partial charge in [0.1, 0.15) is 5.54 Å².